The third-order valence-corrected chi connectivity index (χ3v) is 7.03. The Labute approximate surface area is 170 Å². The van der Waals surface area contributed by atoms with E-state index in [4.69, 9.17) is 0 Å². The Bertz CT molecular complexity index is 840. The highest BCUT2D eigenvalue weighted by Gasteiger charge is 2.17. The molecule has 0 radical (unpaired) electrons. The van der Waals surface area contributed by atoms with Crippen molar-refractivity contribution in [3.05, 3.63) is 127 Å². The van der Waals surface area contributed by atoms with Crippen LogP contribution < -0.4 is 15.9 Å². The molecule has 0 atom stereocenters. The predicted octanol–water partition coefficient (Wildman–Crippen LogP) is 5.63. The molecule has 0 aliphatic rings. The Morgan fingerprint density at radius 1 is 0.536 bits per heavy atom. The molecule has 3 aromatic carbocycles. The maximum Gasteiger partial charge on any atom is -0.00999 e. The summed E-state index contributed by atoms with van der Waals surface area (Å²) in [5.41, 5.74) is 3.93. The van der Waals surface area contributed by atoms with Gasteiger partial charge in [0.2, 0.25) is 0 Å². The number of allylic oxidation sites excluding steroid dienone is 3. The van der Waals surface area contributed by atoms with Crippen molar-refractivity contribution in [3.63, 3.8) is 0 Å². The summed E-state index contributed by atoms with van der Waals surface area (Å²) in [6.45, 7) is 11.7. The van der Waals surface area contributed by atoms with Crippen LogP contribution in [0, 0.1) is 0 Å². The largest absolute Gasteiger partial charge is 0.103 e. The standard InChI is InChI=1S/C27H27P/c1-4-10-22-13-7-16-25(19-22)28(26-17-8-14-23(20-26)11-5-2)27-18-9-15-24(21-27)12-6-3/h4-9,13-21H,1-3,10-12H2. The lowest BCUT2D eigenvalue weighted by Gasteiger charge is -2.21. The van der Waals surface area contributed by atoms with Crippen molar-refractivity contribution in [1.29, 1.82) is 0 Å². The topological polar surface area (TPSA) is 0 Å². The molecule has 28 heavy (non-hydrogen) atoms. The van der Waals surface area contributed by atoms with Crippen molar-refractivity contribution >= 4 is 23.8 Å². The molecule has 0 aliphatic heterocycles. The van der Waals surface area contributed by atoms with Gasteiger partial charge in [0.05, 0.1) is 0 Å². The van der Waals surface area contributed by atoms with E-state index < -0.39 is 7.92 Å². The van der Waals surface area contributed by atoms with Crippen LogP contribution in [0.4, 0.5) is 0 Å². The molecule has 3 aromatic rings. The maximum absolute atomic E-state index is 3.90. The van der Waals surface area contributed by atoms with Gasteiger partial charge in [-0.15, -0.1) is 19.7 Å². The molecule has 0 fully saturated rings. The highest BCUT2D eigenvalue weighted by molar-refractivity contribution is 7.79. The first-order valence-electron chi connectivity index (χ1n) is 9.65. The van der Waals surface area contributed by atoms with Crippen molar-refractivity contribution in [2.75, 3.05) is 0 Å². The Kier molecular flexibility index (Phi) is 7.18. The molecule has 0 spiro atoms. The maximum atomic E-state index is 3.90. The fourth-order valence-corrected chi connectivity index (χ4v) is 5.90. The molecule has 0 unspecified atom stereocenters. The lowest BCUT2D eigenvalue weighted by atomic mass is 10.1. The minimum Gasteiger partial charge on any atom is -0.103 e. The molecule has 0 bridgehead atoms. The number of rotatable bonds is 9. The Hall–Kier alpha value is -2.69. The molecule has 3 rings (SSSR count). The zero-order valence-corrected chi connectivity index (χ0v) is 17.2. The minimum absolute atomic E-state index is 0.630. The van der Waals surface area contributed by atoms with Gasteiger partial charge in [0, 0.05) is 0 Å². The van der Waals surface area contributed by atoms with E-state index in [-0.39, 0.29) is 0 Å². The number of benzene rings is 3. The summed E-state index contributed by atoms with van der Waals surface area (Å²) in [6.07, 6.45) is 8.59. The molecular formula is C27H27P. The monoisotopic (exact) mass is 382 g/mol. The smallest absolute Gasteiger partial charge is 0.00999 e. The van der Waals surface area contributed by atoms with Gasteiger partial charge in [0.25, 0.3) is 0 Å². The zero-order valence-electron chi connectivity index (χ0n) is 16.4. The van der Waals surface area contributed by atoms with Crippen LogP contribution in [0.5, 0.6) is 0 Å². The van der Waals surface area contributed by atoms with Crippen LogP contribution in [0.25, 0.3) is 0 Å². The van der Waals surface area contributed by atoms with Crippen molar-refractivity contribution in [1.82, 2.24) is 0 Å². The second-order valence-electron chi connectivity index (χ2n) is 6.82. The summed E-state index contributed by atoms with van der Waals surface area (Å²) >= 11 is 0. The summed E-state index contributed by atoms with van der Waals surface area (Å²) in [6, 6.07) is 26.9. The summed E-state index contributed by atoms with van der Waals surface area (Å²) in [5, 5.41) is 4.13. The summed E-state index contributed by atoms with van der Waals surface area (Å²) in [5.74, 6) is 0. The van der Waals surface area contributed by atoms with E-state index in [9.17, 15) is 0 Å². The predicted molar refractivity (Wildman–Crippen MR) is 127 cm³/mol. The average Bonchev–Trinajstić information content (AvgIpc) is 2.70. The second kappa shape index (κ2) is 10.0. The molecule has 0 amide bonds. The van der Waals surface area contributed by atoms with Crippen LogP contribution in [0.1, 0.15) is 16.7 Å². The first kappa shape index (κ1) is 20.1. The van der Waals surface area contributed by atoms with E-state index in [2.05, 4.69) is 92.5 Å². The van der Waals surface area contributed by atoms with E-state index in [1.165, 1.54) is 32.6 Å². The second-order valence-corrected chi connectivity index (χ2v) is 9.04. The average molecular weight is 382 g/mol. The highest BCUT2D eigenvalue weighted by atomic mass is 31.1. The lowest BCUT2D eigenvalue weighted by Crippen LogP contribution is -2.21. The fraction of sp³-hybridized carbons (Fsp3) is 0.111. The SMILES string of the molecule is C=CCc1cccc(P(c2cccc(CC=C)c2)c2cccc(CC=C)c2)c1. The normalized spacial score (nSPS) is 10.6. The molecule has 0 aromatic heterocycles. The van der Waals surface area contributed by atoms with Crippen molar-refractivity contribution in [2.24, 2.45) is 0 Å². The molecule has 140 valence electrons. The van der Waals surface area contributed by atoms with E-state index in [1.807, 2.05) is 18.2 Å². The van der Waals surface area contributed by atoms with Crippen LogP contribution in [0.2, 0.25) is 0 Å². The van der Waals surface area contributed by atoms with Crippen LogP contribution >= 0.6 is 7.92 Å². The van der Waals surface area contributed by atoms with E-state index >= 15 is 0 Å². The van der Waals surface area contributed by atoms with Crippen LogP contribution in [0.15, 0.2) is 111 Å². The Morgan fingerprint density at radius 2 is 0.857 bits per heavy atom. The summed E-state index contributed by atoms with van der Waals surface area (Å²) < 4.78 is 0. The van der Waals surface area contributed by atoms with Crippen LogP contribution in [0.3, 0.4) is 0 Å². The first-order valence-corrected chi connectivity index (χ1v) is 11.0. The molecule has 0 saturated carbocycles. The van der Waals surface area contributed by atoms with E-state index in [1.54, 1.807) is 0 Å². The quantitative estimate of drug-likeness (QED) is 0.332. The van der Waals surface area contributed by atoms with Gasteiger partial charge in [-0.3, -0.25) is 0 Å². The Morgan fingerprint density at radius 3 is 1.14 bits per heavy atom. The van der Waals surface area contributed by atoms with E-state index in [0.717, 1.165) is 19.3 Å². The molecule has 0 aliphatic carbocycles. The van der Waals surface area contributed by atoms with Gasteiger partial charge in [-0.2, -0.15) is 0 Å². The minimum atomic E-state index is -0.630. The first-order chi connectivity index (χ1) is 13.7. The van der Waals surface area contributed by atoms with Gasteiger partial charge < -0.3 is 0 Å². The number of hydrogen-bond acceptors (Lipinski definition) is 0. The van der Waals surface area contributed by atoms with Crippen LogP contribution in [-0.2, 0) is 19.3 Å². The third kappa shape index (κ3) is 4.97. The van der Waals surface area contributed by atoms with Gasteiger partial charge >= 0.3 is 0 Å². The van der Waals surface area contributed by atoms with Crippen molar-refractivity contribution in [3.8, 4) is 0 Å². The van der Waals surface area contributed by atoms with Crippen molar-refractivity contribution < 1.29 is 0 Å². The number of hydrogen-bond donors (Lipinski definition) is 0. The fourth-order valence-electron chi connectivity index (χ4n) is 3.41. The van der Waals surface area contributed by atoms with Crippen molar-refractivity contribution in [2.45, 2.75) is 19.3 Å². The Balaban J connectivity index is 2.13. The molecule has 1 heteroatoms. The van der Waals surface area contributed by atoms with Crippen LogP contribution in [-0.4, -0.2) is 0 Å². The molecule has 0 nitrogen and oxygen atoms in total. The molecule has 0 heterocycles. The van der Waals surface area contributed by atoms with Gasteiger partial charge in [0.15, 0.2) is 0 Å². The summed E-state index contributed by atoms with van der Waals surface area (Å²) in [7, 11) is -0.630. The van der Waals surface area contributed by atoms with Gasteiger partial charge in [-0.25, -0.2) is 0 Å². The lowest BCUT2D eigenvalue weighted by molar-refractivity contribution is 1.28. The van der Waals surface area contributed by atoms with Gasteiger partial charge in [-0.1, -0.05) is 91.0 Å². The third-order valence-electron chi connectivity index (χ3n) is 4.65. The summed E-state index contributed by atoms with van der Waals surface area (Å²) in [4.78, 5) is 0. The van der Waals surface area contributed by atoms with Gasteiger partial charge in [0.1, 0.15) is 0 Å². The van der Waals surface area contributed by atoms with E-state index in [0.29, 0.717) is 0 Å². The highest BCUT2D eigenvalue weighted by Crippen LogP contribution is 2.34. The molecule has 0 N–H and O–H groups in total. The van der Waals surface area contributed by atoms with Gasteiger partial charge in [-0.05, 0) is 59.8 Å². The molecule has 0 saturated heterocycles. The molecular weight excluding hydrogens is 355 g/mol. The zero-order chi connectivity index (χ0) is 19.8.